The molecule has 4 heteroatoms. The lowest BCUT2D eigenvalue weighted by Gasteiger charge is -2.33. The fraction of sp³-hybridized carbons (Fsp3) is 0.727. The van der Waals surface area contributed by atoms with Crippen molar-refractivity contribution >= 4 is 0 Å². The molecule has 0 radical (unpaired) electrons. The third kappa shape index (κ3) is 10.5. The van der Waals surface area contributed by atoms with Gasteiger partial charge in [-0.1, -0.05) is 128 Å². The summed E-state index contributed by atoms with van der Waals surface area (Å²) in [5, 5.41) is 21.7. The van der Waals surface area contributed by atoms with Gasteiger partial charge in [-0.3, -0.25) is 0 Å². The predicted molar refractivity (Wildman–Crippen MR) is 206 cm³/mol. The van der Waals surface area contributed by atoms with Gasteiger partial charge >= 0.3 is 0 Å². The van der Waals surface area contributed by atoms with E-state index in [1.807, 2.05) is 0 Å². The largest absolute Gasteiger partial charge is 0.507 e. The predicted octanol–water partition coefficient (Wildman–Crippen LogP) is 12.8. The highest BCUT2D eigenvalue weighted by molar-refractivity contribution is 5.51. The molecule has 2 fully saturated rings. The molecule has 274 valence electrons. The summed E-state index contributed by atoms with van der Waals surface area (Å²) in [5.74, 6) is 3.01. The van der Waals surface area contributed by atoms with Gasteiger partial charge in [0.05, 0.1) is 13.2 Å². The van der Waals surface area contributed by atoms with Crippen LogP contribution in [-0.4, -0.2) is 23.4 Å². The third-order valence-corrected chi connectivity index (χ3v) is 10.4. The van der Waals surface area contributed by atoms with Gasteiger partial charge in [0.25, 0.3) is 0 Å². The summed E-state index contributed by atoms with van der Waals surface area (Å²) in [6.07, 6.45) is 10.0. The van der Waals surface area contributed by atoms with E-state index in [9.17, 15) is 10.2 Å². The number of aromatic hydroxyl groups is 2. The minimum Gasteiger partial charge on any atom is -0.507 e. The molecule has 4 rings (SSSR count). The molecule has 0 bridgehead atoms. The van der Waals surface area contributed by atoms with Crippen LogP contribution >= 0.6 is 0 Å². The molecule has 1 aliphatic heterocycles. The number of hydrogen-bond acceptors (Lipinski definition) is 4. The first-order valence-corrected chi connectivity index (χ1v) is 19.1. The molecule has 1 saturated carbocycles. The summed E-state index contributed by atoms with van der Waals surface area (Å²) in [6.45, 7) is 32.0. The Labute approximate surface area is 296 Å². The molecular formula is C44H74O4. The number of phenolic OH excluding ortho intramolecular Hbond substituents is 2. The Morgan fingerprint density at radius 3 is 1.21 bits per heavy atom. The highest BCUT2D eigenvalue weighted by Crippen LogP contribution is 2.45. The van der Waals surface area contributed by atoms with E-state index >= 15 is 0 Å². The number of rotatable bonds is 6. The maximum absolute atomic E-state index is 10.9. The number of ether oxygens (including phenoxy) is 2. The highest BCUT2D eigenvalue weighted by atomic mass is 16.7. The monoisotopic (exact) mass is 667 g/mol. The van der Waals surface area contributed by atoms with Crippen molar-refractivity contribution in [1.29, 1.82) is 0 Å². The summed E-state index contributed by atoms with van der Waals surface area (Å²) in [6, 6.07) is 8.70. The molecule has 0 atom stereocenters. The fourth-order valence-electron chi connectivity index (χ4n) is 7.48. The van der Waals surface area contributed by atoms with Gasteiger partial charge in [-0.25, -0.2) is 0 Å². The molecule has 2 aromatic rings. The van der Waals surface area contributed by atoms with Crippen LogP contribution in [0.2, 0.25) is 0 Å². The smallest absolute Gasteiger partial charge is 0.183 e. The van der Waals surface area contributed by atoms with Crippen LogP contribution in [0.1, 0.15) is 195 Å². The van der Waals surface area contributed by atoms with Gasteiger partial charge in [-0.2, -0.15) is 0 Å². The van der Waals surface area contributed by atoms with Crippen LogP contribution in [0.5, 0.6) is 11.5 Å². The van der Waals surface area contributed by atoms with Gasteiger partial charge in [0.1, 0.15) is 11.5 Å². The van der Waals surface area contributed by atoms with Crippen molar-refractivity contribution < 1.29 is 21.1 Å². The van der Waals surface area contributed by atoms with Gasteiger partial charge in [0, 0.05) is 12.9 Å². The SMILES string of the molecule is CCCC1CCC(c2cc(C(C)(C)C)c(O)c(C(C)(C)C)c2)CC1.CCCC1COC(c2cc(C(C)(C)C)c(O)c(C(C)(C)C)c2)OC1.[HH]. The molecule has 0 unspecified atom stereocenters. The minimum absolute atomic E-state index is 0. The van der Waals surface area contributed by atoms with Gasteiger partial charge in [-0.15, -0.1) is 0 Å². The molecular weight excluding hydrogens is 592 g/mol. The quantitative estimate of drug-likeness (QED) is 0.322. The standard InChI is InChI=1S/C23H38O.C21H34O3.H2/c1-8-9-16-10-12-17(13-11-16)18-14-19(22(2,3)4)21(24)20(15-18)23(5,6)7;1-8-9-14-12-23-19(24-13-14)15-10-16(20(2,3)4)18(22)17(11-15)21(5,6)7;/h14-17,24H,8-13H2,1-7H3;10-11,14,19,22H,8-9,12-13H2,1-7H3;1H. The molecule has 4 nitrogen and oxygen atoms in total. The van der Waals surface area contributed by atoms with Crippen LogP contribution < -0.4 is 0 Å². The first-order valence-electron chi connectivity index (χ1n) is 19.1. The summed E-state index contributed by atoms with van der Waals surface area (Å²) in [4.78, 5) is 0. The minimum atomic E-state index is -0.332. The maximum Gasteiger partial charge on any atom is 0.183 e. The van der Waals surface area contributed by atoms with Crippen molar-refractivity contribution in [1.82, 2.24) is 0 Å². The molecule has 1 saturated heterocycles. The number of phenols is 2. The van der Waals surface area contributed by atoms with Gasteiger partial charge in [0.15, 0.2) is 6.29 Å². The van der Waals surface area contributed by atoms with Crippen LogP contribution in [0.15, 0.2) is 24.3 Å². The molecule has 0 spiro atoms. The second-order valence-corrected chi connectivity index (χ2v) is 19.1. The normalized spacial score (nSPS) is 22.6. The van der Waals surface area contributed by atoms with Crippen LogP contribution in [0.25, 0.3) is 0 Å². The average Bonchev–Trinajstić information content (AvgIpc) is 2.96. The first kappa shape index (κ1) is 40.4. The van der Waals surface area contributed by atoms with E-state index in [2.05, 4.69) is 121 Å². The Kier molecular flexibility index (Phi) is 13.4. The van der Waals surface area contributed by atoms with Crippen molar-refractivity contribution in [3.8, 4) is 11.5 Å². The summed E-state index contributed by atoms with van der Waals surface area (Å²) in [5.41, 5.74) is 6.26. The van der Waals surface area contributed by atoms with Crippen LogP contribution in [0.4, 0.5) is 0 Å². The molecule has 1 heterocycles. The third-order valence-electron chi connectivity index (χ3n) is 10.4. The zero-order valence-corrected chi connectivity index (χ0v) is 33.4. The van der Waals surface area contributed by atoms with E-state index in [4.69, 9.17) is 9.47 Å². The molecule has 2 N–H and O–H groups in total. The Morgan fingerprint density at radius 2 is 0.875 bits per heavy atom. The van der Waals surface area contributed by atoms with E-state index in [1.54, 1.807) is 0 Å². The van der Waals surface area contributed by atoms with E-state index in [-0.39, 0.29) is 29.4 Å². The fourth-order valence-corrected chi connectivity index (χ4v) is 7.48. The van der Waals surface area contributed by atoms with E-state index < -0.39 is 0 Å². The van der Waals surface area contributed by atoms with Crippen molar-refractivity contribution in [2.75, 3.05) is 13.2 Å². The lowest BCUT2D eigenvalue weighted by atomic mass is 9.73. The number of benzene rings is 2. The number of hydrogen-bond donors (Lipinski definition) is 2. The van der Waals surface area contributed by atoms with Crippen LogP contribution in [0, 0.1) is 11.8 Å². The second-order valence-electron chi connectivity index (χ2n) is 19.1. The van der Waals surface area contributed by atoms with Crippen molar-refractivity contribution in [2.45, 2.75) is 182 Å². The summed E-state index contributed by atoms with van der Waals surface area (Å²) < 4.78 is 12.0. The van der Waals surface area contributed by atoms with Crippen molar-refractivity contribution in [2.24, 2.45) is 11.8 Å². The van der Waals surface area contributed by atoms with Gasteiger partial charge < -0.3 is 19.7 Å². The zero-order valence-electron chi connectivity index (χ0n) is 33.4. The molecule has 48 heavy (non-hydrogen) atoms. The van der Waals surface area contributed by atoms with E-state index in [0.29, 0.717) is 23.3 Å². The molecule has 1 aliphatic carbocycles. The van der Waals surface area contributed by atoms with E-state index in [1.165, 1.54) is 44.1 Å². The molecule has 2 aromatic carbocycles. The molecule has 2 aliphatic rings. The average molecular weight is 667 g/mol. The second kappa shape index (κ2) is 15.9. The van der Waals surface area contributed by atoms with Crippen LogP contribution in [0.3, 0.4) is 0 Å². The van der Waals surface area contributed by atoms with Gasteiger partial charge in [-0.05, 0) is 106 Å². The topological polar surface area (TPSA) is 58.9 Å². The molecule has 0 aromatic heterocycles. The maximum atomic E-state index is 10.9. The first-order chi connectivity index (χ1) is 22.1. The Bertz CT molecular complexity index is 1150. The van der Waals surface area contributed by atoms with Gasteiger partial charge in [0.2, 0.25) is 0 Å². The van der Waals surface area contributed by atoms with Crippen LogP contribution in [-0.2, 0) is 31.1 Å². The Morgan fingerprint density at radius 1 is 0.542 bits per heavy atom. The lowest BCUT2D eigenvalue weighted by molar-refractivity contribution is -0.206. The molecule has 0 amide bonds. The highest BCUT2D eigenvalue weighted by Gasteiger charge is 2.32. The summed E-state index contributed by atoms with van der Waals surface area (Å²) >= 11 is 0. The van der Waals surface area contributed by atoms with Crippen molar-refractivity contribution in [3.05, 3.63) is 57.6 Å². The zero-order chi connectivity index (χ0) is 36.2. The Balaban J connectivity index is 0.000000333. The van der Waals surface area contributed by atoms with E-state index in [0.717, 1.165) is 59.8 Å². The lowest BCUT2D eigenvalue weighted by Crippen LogP contribution is -2.28. The van der Waals surface area contributed by atoms with Crippen molar-refractivity contribution in [3.63, 3.8) is 0 Å². The summed E-state index contributed by atoms with van der Waals surface area (Å²) in [7, 11) is 0. The Hall–Kier alpha value is -2.04.